The Hall–Kier alpha value is -1.77. The number of ether oxygens (including phenoxy) is 1. The predicted octanol–water partition coefficient (Wildman–Crippen LogP) is 2.67. The molecule has 1 N–H and O–H groups in total. The Labute approximate surface area is 150 Å². The van der Waals surface area contributed by atoms with E-state index in [9.17, 15) is 18.0 Å². The summed E-state index contributed by atoms with van der Waals surface area (Å²) in [6.45, 7) is 3.59. The first-order valence-corrected chi connectivity index (χ1v) is 9.00. The van der Waals surface area contributed by atoms with Crippen LogP contribution in [0.3, 0.4) is 0 Å². The number of rotatable bonds is 4. The number of halogens is 3. The van der Waals surface area contributed by atoms with Crippen molar-refractivity contribution < 1.29 is 22.7 Å². The fourth-order valence-corrected chi connectivity index (χ4v) is 3.67. The fourth-order valence-electron chi connectivity index (χ4n) is 3.67. The molecule has 9 heteroatoms. The normalized spacial score (nSPS) is 24.2. The first-order chi connectivity index (χ1) is 12.2. The Morgan fingerprint density at radius 2 is 2.27 bits per heavy atom. The molecule has 6 nitrogen and oxygen atoms in total. The third-order valence-corrected chi connectivity index (χ3v) is 5.13. The highest BCUT2D eigenvalue weighted by Gasteiger charge is 2.36. The van der Waals surface area contributed by atoms with Crippen molar-refractivity contribution in [2.75, 3.05) is 20.2 Å². The van der Waals surface area contributed by atoms with Gasteiger partial charge in [0.25, 0.3) is 0 Å². The number of nitrogens with zero attached hydrogens (tertiary/aromatic N) is 3. The highest BCUT2D eigenvalue weighted by molar-refractivity contribution is 5.74. The van der Waals surface area contributed by atoms with Gasteiger partial charge in [-0.05, 0) is 32.1 Å². The van der Waals surface area contributed by atoms with E-state index in [1.54, 1.807) is 16.5 Å². The van der Waals surface area contributed by atoms with Crippen LogP contribution in [0.2, 0.25) is 0 Å². The van der Waals surface area contributed by atoms with E-state index in [0.717, 1.165) is 25.6 Å². The molecule has 146 valence electrons. The van der Waals surface area contributed by atoms with Gasteiger partial charge < -0.3 is 19.5 Å². The third-order valence-electron chi connectivity index (χ3n) is 5.13. The smallest absolute Gasteiger partial charge is 0.376 e. The fraction of sp³-hybridized carbons (Fsp3) is 0.765. The number of carbonyl (C=O) groups excluding carboxylic acids is 1. The summed E-state index contributed by atoms with van der Waals surface area (Å²) in [6, 6.07) is -0.242. The van der Waals surface area contributed by atoms with E-state index in [0.29, 0.717) is 31.8 Å². The van der Waals surface area contributed by atoms with Gasteiger partial charge in [0.2, 0.25) is 0 Å². The zero-order valence-corrected chi connectivity index (χ0v) is 15.1. The maximum Gasteiger partial charge on any atom is 0.434 e. The van der Waals surface area contributed by atoms with Crippen LogP contribution in [0, 0.1) is 5.92 Å². The van der Waals surface area contributed by atoms with Crippen molar-refractivity contribution in [1.82, 2.24) is 19.8 Å². The third kappa shape index (κ3) is 4.31. The van der Waals surface area contributed by atoms with Crippen LogP contribution in [-0.4, -0.2) is 52.8 Å². The monoisotopic (exact) mass is 374 g/mol. The minimum absolute atomic E-state index is 0.0522. The second-order valence-corrected chi connectivity index (χ2v) is 7.27. The van der Waals surface area contributed by atoms with Gasteiger partial charge in [0, 0.05) is 39.4 Å². The molecule has 0 bridgehead atoms. The summed E-state index contributed by atoms with van der Waals surface area (Å²) in [6.07, 6.45) is -0.142. The topological polar surface area (TPSA) is 59.4 Å². The number of urea groups is 1. The molecule has 1 fully saturated rings. The van der Waals surface area contributed by atoms with E-state index >= 15 is 0 Å². The number of aromatic nitrogens is 2. The zero-order valence-electron chi connectivity index (χ0n) is 15.1. The minimum atomic E-state index is -4.42. The SMILES string of the molecule is C[C@H](NC(=O)N(C)C[C@@H]1CCc2nc(C(F)(F)F)cn2C1)[C@@H]1CCCO1. The molecule has 3 rings (SSSR count). The van der Waals surface area contributed by atoms with Crippen LogP contribution in [-0.2, 0) is 23.9 Å². The number of amides is 2. The maximum atomic E-state index is 12.8. The molecule has 0 unspecified atom stereocenters. The number of nitrogens with one attached hydrogen (secondary N) is 1. The summed E-state index contributed by atoms with van der Waals surface area (Å²) in [5, 5.41) is 2.95. The van der Waals surface area contributed by atoms with Gasteiger partial charge in [-0.15, -0.1) is 0 Å². The van der Waals surface area contributed by atoms with Crippen molar-refractivity contribution in [3.63, 3.8) is 0 Å². The van der Waals surface area contributed by atoms with Crippen LogP contribution in [0.25, 0.3) is 0 Å². The quantitative estimate of drug-likeness (QED) is 0.882. The lowest BCUT2D eigenvalue weighted by atomic mass is 9.99. The maximum absolute atomic E-state index is 12.8. The van der Waals surface area contributed by atoms with Crippen LogP contribution in [0.1, 0.15) is 37.7 Å². The summed E-state index contributed by atoms with van der Waals surface area (Å²) in [7, 11) is 1.71. The summed E-state index contributed by atoms with van der Waals surface area (Å²) in [5.41, 5.74) is -0.843. The molecule has 1 aromatic rings. The van der Waals surface area contributed by atoms with E-state index in [2.05, 4.69) is 10.3 Å². The van der Waals surface area contributed by atoms with E-state index in [1.165, 1.54) is 0 Å². The van der Waals surface area contributed by atoms with Gasteiger partial charge in [-0.3, -0.25) is 0 Å². The number of aryl methyl sites for hydroxylation is 1. The van der Waals surface area contributed by atoms with Gasteiger partial charge in [-0.2, -0.15) is 13.2 Å². The standard InChI is InChI=1S/C17H25F3N4O2/c1-11(13-4-3-7-26-13)21-16(25)23(2)8-12-5-6-15-22-14(17(18,19)20)10-24(15)9-12/h10-13H,3-9H2,1-2H3,(H,21,25)/t11-,12-,13-/m0/s1. The molecule has 26 heavy (non-hydrogen) atoms. The highest BCUT2D eigenvalue weighted by Crippen LogP contribution is 2.30. The van der Waals surface area contributed by atoms with Crippen molar-refractivity contribution in [3.05, 3.63) is 17.7 Å². The van der Waals surface area contributed by atoms with Gasteiger partial charge in [-0.25, -0.2) is 9.78 Å². The van der Waals surface area contributed by atoms with Gasteiger partial charge >= 0.3 is 12.2 Å². The van der Waals surface area contributed by atoms with Crippen LogP contribution in [0.4, 0.5) is 18.0 Å². The number of hydrogen-bond donors (Lipinski definition) is 1. The molecule has 3 atom stereocenters. The Morgan fingerprint density at radius 3 is 2.92 bits per heavy atom. The van der Waals surface area contributed by atoms with Crippen molar-refractivity contribution in [2.45, 2.75) is 57.5 Å². The molecule has 1 saturated heterocycles. The lowest BCUT2D eigenvalue weighted by molar-refractivity contribution is -0.141. The lowest BCUT2D eigenvalue weighted by Gasteiger charge is -2.29. The van der Waals surface area contributed by atoms with Crippen LogP contribution < -0.4 is 5.32 Å². The molecular formula is C17H25F3N4O2. The van der Waals surface area contributed by atoms with Crippen molar-refractivity contribution >= 4 is 6.03 Å². The van der Waals surface area contributed by atoms with E-state index < -0.39 is 11.9 Å². The van der Waals surface area contributed by atoms with Gasteiger partial charge in [0.05, 0.1) is 12.1 Å². The lowest BCUT2D eigenvalue weighted by Crippen LogP contribution is -2.48. The van der Waals surface area contributed by atoms with Gasteiger partial charge in [0.15, 0.2) is 5.69 Å². The Kier molecular flexibility index (Phi) is 5.45. The first-order valence-electron chi connectivity index (χ1n) is 9.00. The summed E-state index contributed by atoms with van der Waals surface area (Å²) in [5.74, 6) is 0.569. The molecule has 0 radical (unpaired) electrons. The van der Waals surface area contributed by atoms with Crippen LogP contribution in [0.5, 0.6) is 0 Å². The van der Waals surface area contributed by atoms with Crippen LogP contribution >= 0.6 is 0 Å². The summed E-state index contributed by atoms with van der Waals surface area (Å²) in [4.78, 5) is 17.6. The van der Waals surface area contributed by atoms with Gasteiger partial charge in [0.1, 0.15) is 5.82 Å². The van der Waals surface area contributed by atoms with Crippen LogP contribution in [0.15, 0.2) is 6.20 Å². The van der Waals surface area contributed by atoms with E-state index in [4.69, 9.17) is 4.74 Å². The molecule has 0 aromatic carbocycles. The number of imidazole rings is 1. The molecule has 3 heterocycles. The molecule has 2 amide bonds. The molecule has 2 aliphatic heterocycles. The average molecular weight is 374 g/mol. The summed E-state index contributed by atoms with van der Waals surface area (Å²) >= 11 is 0. The number of fused-ring (bicyclic) bond motifs is 1. The zero-order chi connectivity index (χ0) is 18.9. The molecule has 0 saturated carbocycles. The Bertz CT molecular complexity index is 640. The molecule has 0 aliphatic carbocycles. The Morgan fingerprint density at radius 1 is 1.50 bits per heavy atom. The van der Waals surface area contributed by atoms with E-state index in [-0.39, 0.29) is 24.1 Å². The van der Waals surface area contributed by atoms with Crippen molar-refractivity contribution in [1.29, 1.82) is 0 Å². The predicted molar refractivity (Wildman–Crippen MR) is 88.6 cm³/mol. The molecule has 2 aliphatic rings. The second kappa shape index (κ2) is 7.46. The second-order valence-electron chi connectivity index (χ2n) is 7.27. The number of carbonyl (C=O) groups is 1. The Balaban J connectivity index is 1.52. The van der Waals surface area contributed by atoms with Gasteiger partial charge in [-0.1, -0.05) is 0 Å². The van der Waals surface area contributed by atoms with Crippen molar-refractivity contribution in [3.8, 4) is 0 Å². The molecule has 1 aromatic heterocycles. The largest absolute Gasteiger partial charge is 0.434 e. The van der Waals surface area contributed by atoms with E-state index in [1.807, 2.05) is 6.92 Å². The number of alkyl halides is 3. The first kappa shape index (κ1) is 19.0. The number of hydrogen-bond acceptors (Lipinski definition) is 3. The molecular weight excluding hydrogens is 349 g/mol. The highest BCUT2D eigenvalue weighted by atomic mass is 19.4. The average Bonchev–Trinajstić information content (AvgIpc) is 3.23. The summed E-state index contributed by atoms with van der Waals surface area (Å²) < 4.78 is 45.5. The molecule has 0 spiro atoms. The minimum Gasteiger partial charge on any atom is -0.376 e. The van der Waals surface area contributed by atoms with Crippen molar-refractivity contribution in [2.24, 2.45) is 5.92 Å².